The van der Waals surface area contributed by atoms with Crippen molar-refractivity contribution in [2.75, 3.05) is 25.1 Å². The molecule has 5 nitrogen and oxygen atoms in total. The van der Waals surface area contributed by atoms with E-state index in [2.05, 4.69) is 10.6 Å². The molecule has 0 saturated carbocycles. The van der Waals surface area contributed by atoms with Gasteiger partial charge in [-0.05, 0) is 54.7 Å². The SMILES string of the molecule is CC(=O)Nc1ccc(CCNC(=O)C2(c3cccc(F)c3)CCOCC2)cc1. The van der Waals surface area contributed by atoms with Gasteiger partial charge < -0.3 is 15.4 Å². The lowest BCUT2D eigenvalue weighted by Gasteiger charge is -2.36. The third-order valence-electron chi connectivity index (χ3n) is 5.13. The highest BCUT2D eigenvalue weighted by atomic mass is 19.1. The highest BCUT2D eigenvalue weighted by molar-refractivity contribution is 5.89. The van der Waals surface area contributed by atoms with E-state index in [1.807, 2.05) is 30.3 Å². The van der Waals surface area contributed by atoms with Crippen LogP contribution in [0, 0.1) is 5.82 Å². The Bertz CT molecular complexity index is 830. The number of hydrogen-bond donors (Lipinski definition) is 2. The van der Waals surface area contributed by atoms with Crippen molar-refractivity contribution in [3.63, 3.8) is 0 Å². The molecule has 0 atom stereocenters. The molecule has 0 aromatic heterocycles. The van der Waals surface area contributed by atoms with E-state index < -0.39 is 5.41 Å². The Balaban J connectivity index is 1.64. The second-order valence-corrected chi connectivity index (χ2v) is 7.09. The molecule has 6 heteroatoms. The Morgan fingerprint density at radius 2 is 1.82 bits per heavy atom. The molecule has 2 amide bonds. The van der Waals surface area contributed by atoms with Crippen molar-refractivity contribution in [1.29, 1.82) is 0 Å². The predicted octanol–water partition coefficient (Wildman–Crippen LogP) is 3.19. The molecule has 148 valence electrons. The summed E-state index contributed by atoms with van der Waals surface area (Å²) in [6, 6.07) is 13.8. The summed E-state index contributed by atoms with van der Waals surface area (Å²) in [6.45, 7) is 2.91. The van der Waals surface area contributed by atoms with E-state index in [-0.39, 0.29) is 17.6 Å². The number of benzene rings is 2. The summed E-state index contributed by atoms with van der Waals surface area (Å²) in [6.07, 6.45) is 1.74. The minimum absolute atomic E-state index is 0.0868. The van der Waals surface area contributed by atoms with Crippen molar-refractivity contribution in [2.24, 2.45) is 0 Å². The molecule has 2 aromatic carbocycles. The van der Waals surface area contributed by atoms with Crippen molar-refractivity contribution >= 4 is 17.5 Å². The normalized spacial score (nSPS) is 15.6. The quantitative estimate of drug-likeness (QED) is 0.804. The van der Waals surface area contributed by atoms with Crippen LogP contribution in [0.1, 0.15) is 30.9 Å². The van der Waals surface area contributed by atoms with Gasteiger partial charge >= 0.3 is 0 Å². The lowest BCUT2D eigenvalue weighted by atomic mass is 9.73. The third-order valence-corrected chi connectivity index (χ3v) is 5.13. The summed E-state index contributed by atoms with van der Waals surface area (Å²) < 4.78 is 19.2. The lowest BCUT2D eigenvalue weighted by Crippen LogP contribution is -2.48. The molecule has 1 aliphatic heterocycles. The van der Waals surface area contributed by atoms with E-state index >= 15 is 0 Å². The number of amides is 2. The molecule has 28 heavy (non-hydrogen) atoms. The van der Waals surface area contributed by atoms with E-state index in [0.29, 0.717) is 44.6 Å². The smallest absolute Gasteiger partial charge is 0.230 e. The van der Waals surface area contributed by atoms with Crippen molar-refractivity contribution in [2.45, 2.75) is 31.6 Å². The van der Waals surface area contributed by atoms with Crippen LogP contribution >= 0.6 is 0 Å². The van der Waals surface area contributed by atoms with E-state index in [9.17, 15) is 14.0 Å². The maximum atomic E-state index is 13.8. The largest absolute Gasteiger partial charge is 0.381 e. The molecule has 1 saturated heterocycles. The fourth-order valence-corrected chi connectivity index (χ4v) is 3.60. The van der Waals surface area contributed by atoms with Crippen molar-refractivity contribution in [1.82, 2.24) is 5.32 Å². The number of anilines is 1. The van der Waals surface area contributed by atoms with Gasteiger partial charge in [-0.1, -0.05) is 24.3 Å². The van der Waals surface area contributed by atoms with E-state index in [1.54, 1.807) is 6.07 Å². The minimum atomic E-state index is -0.754. The number of rotatable bonds is 6. The molecule has 0 aliphatic carbocycles. The molecule has 2 N–H and O–H groups in total. The van der Waals surface area contributed by atoms with E-state index in [4.69, 9.17) is 4.74 Å². The van der Waals surface area contributed by atoms with Crippen LogP contribution < -0.4 is 10.6 Å². The first-order chi connectivity index (χ1) is 13.5. The summed E-state index contributed by atoms with van der Waals surface area (Å²) in [7, 11) is 0. The molecule has 3 rings (SSSR count). The van der Waals surface area contributed by atoms with Gasteiger partial charge in [-0.2, -0.15) is 0 Å². The number of hydrogen-bond acceptors (Lipinski definition) is 3. The van der Waals surface area contributed by atoms with Crippen LogP contribution in [-0.2, 0) is 26.2 Å². The Morgan fingerprint density at radius 3 is 2.46 bits per heavy atom. The fraction of sp³-hybridized carbons (Fsp3) is 0.364. The van der Waals surface area contributed by atoms with E-state index in [0.717, 1.165) is 11.3 Å². The van der Waals surface area contributed by atoms with E-state index in [1.165, 1.54) is 19.1 Å². The second-order valence-electron chi connectivity index (χ2n) is 7.09. The van der Waals surface area contributed by atoms with Gasteiger partial charge in [0.15, 0.2) is 0 Å². The Kier molecular flexibility index (Phi) is 6.41. The highest BCUT2D eigenvalue weighted by Gasteiger charge is 2.41. The number of carbonyl (C=O) groups excluding carboxylic acids is 2. The molecular formula is C22H25FN2O3. The molecule has 0 unspecified atom stereocenters. The molecular weight excluding hydrogens is 359 g/mol. The Morgan fingerprint density at radius 1 is 1.11 bits per heavy atom. The molecule has 0 bridgehead atoms. The van der Waals surface area contributed by atoms with Crippen LogP contribution in [0.15, 0.2) is 48.5 Å². The van der Waals surface area contributed by atoms with Gasteiger partial charge in [0.1, 0.15) is 5.82 Å². The van der Waals surface area contributed by atoms with Crippen molar-refractivity contribution in [3.05, 3.63) is 65.5 Å². The summed E-state index contributed by atoms with van der Waals surface area (Å²) in [4.78, 5) is 24.1. The molecule has 0 spiro atoms. The highest BCUT2D eigenvalue weighted by Crippen LogP contribution is 2.35. The lowest BCUT2D eigenvalue weighted by molar-refractivity contribution is -0.130. The maximum absolute atomic E-state index is 13.8. The van der Waals surface area contributed by atoms with Crippen LogP contribution in [0.25, 0.3) is 0 Å². The average Bonchev–Trinajstić information content (AvgIpc) is 2.69. The first kappa shape index (κ1) is 20.0. The average molecular weight is 384 g/mol. The van der Waals surface area contributed by atoms with Gasteiger partial charge in [0.05, 0.1) is 5.41 Å². The minimum Gasteiger partial charge on any atom is -0.381 e. The molecule has 0 radical (unpaired) electrons. The zero-order valence-electron chi connectivity index (χ0n) is 16.0. The van der Waals surface area contributed by atoms with Crippen LogP contribution in [0.2, 0.25) is 0 Å². The monoisotopic (exact) mass is 384 g/mol. The third kappa shape index (κ3) is 4.75. The van der Waals surface area contributed by atoms with Crippen LogP contribution in [0.5, 0.6) is 0 Å². The zero-order chi connectivity index (χ0) is 20.0. The number of carbonyl (C=O) groups is 2. The fourth-order valence-electron chi connectivity index (χ4n) is 3.60. The second kappa shape index (κ2) is 8.97. The zero-order valence-corrected chi connectivity index (χ0v) is 16.0. The topological polar surface area (TPSA) is 67.4 Å². The summed E-state index contributed by atoms with van der Waals surface area (Å²) in [5.41, 5.74) is 1.75. The molecule has 2 aromatic rings. The first-order valence-electron chi connectivity index (χ1n) is 9.48. The Labute approximate surface area is 164 Å². The maximum Gasteiger partial charge on any atom is 0.230 e. The van der Waals surface area contributed by atoms with Crippen molar-refractivity contribution < 1.29 is 18.7 Å². The van der Waals surface area contributed by atoms with Gasteiger partial charge in [-0.3, -0.25) is 9.59 Å². The number of nitrogens with one attached hydrogen (secondary N) is 2. The standard InChI is InChI=1S/C22H25FN2O3/c1-16(26)25-20-7-5-17(6-8-20)9-12-24-21(27)22(10-13-28-14-11-22)18-3-2-4-19(23)15-18/h2-8,15H,9-14H2,1H3,(H,24,27)(H,25,26). The van der Waals surface area contributed by atoms with Gasteiger partial charge in [-0.25, -0.2) is 4.39 Å². The summed E-state index contributed by atoms with van der Waals surface area (Å²) in [5.74, 6) is -0.536. The molecule has 1 heterocycles. The Hall–Kier alpha value is -2.73. The van der Waals surface area contributed by atoms with Gasteiger partial charge in [0.25, 0.3) is 0 Å². The summed E-state index contributed by atoms with van der Waals surface area (Å²) >= 11 is 0. The molecule has 1 fully saturated rings. The number of ether oxygens (including phenoxy) is 1. The van der Waals surface area contributed by atoms with Crippen LogP contribution in [-0.4, -0.2) is 31.6 Å². The summed E-state index contributed by atoms with van der Waals surface area (Å²) in [5, 5.41) is 5.75. The van der Waals surface area contributed by atoms with Gasteiger partial charge in [0.2, 0.25) is 11.8 Å². The van der Waals surface area contributed by atoms with Crippen molar-refractivity contribution in [3.8, 4) is 0 Å². The predicted molar refractivity (Wildman–Crippen MR) is 106 cm³/mol. The van der Waals surface area contributed by atoms with Crippen LogP contribution in [0.3, 0.4) is 0 Å². The van der Waals surface area contributed by atoms with Crippen LogP contribution in [0.4, 0.5) is 10.1 Å². The molecule has 1 aliphatic rings. The number of halogens is 1. The first-order valence-corrected chi connectivity index (χ1v) is 9.48. The van der Waals surface area contributed by atoms with Gasteiger partial charge in [-0.15, -0.1) is 0 Å². The van der Waals surface area contributed by atoms with Gasteiger partial charge in [0, 0.05) is 32.4 Å².